The molecule has 6 heteroatoms. The molecule has 0 bridgehead atoms. The Morgan fingerprint density at radius 3 is 2.48 bits per heavy atom. The second-order valence-electron chi connectivity index (χ2n) is 7.11. The highest BCUT2D eigenvalue weighted by Crippen LogP contribution is 2.22. The first kappa shape index (κ1) is 19.0. The molecule has 1 atom stereocenters. The Kier molecular flexibility index (Phi) is 6.17. The van der Waals surface area contributed by atoms with E-state index in [9.17, 15) is 14.4 Å². The van der Waals surface area contributed by atoms with Crippen molar-refractivity contribution in [3.05, 3.63) is 35.9 Å². The van der Waals surface area contributed by atoms with Gasteiger partial charge in [0.2, 0.25) is 0 Å². The van der Waals surface area contributed by atoms with Crippen molar-refractivity contribution < 1.29 is 23.9 Å². The van der Waals surface area contributed by atoms with Crippen LogP contribution in [0.2, 0.25) is 0 Å². The molecule has 1 aromatic rings. The number of carbonyl (C=O) groups is 3. The van der Waals surface area contributed by atoms with E-state index in [0.29, 0.717) is 25.8 Å². The zero-order chi connectivity index (χ0) is 18.4. The highest BCUT2D eigenvalue weighted by atomic mass is 16.6. The molecule has 2 rings (SSSR count). The summed E-state index contributed by atoms with van der Waals surface area (Å²) >= 11 is 0. The molecule has 0 radical (unpaired) electrons. The Morgan fingerprint density at radius 2 is 1.84 bits per heavy atom. The molecule has 1 unspecified atom stereocenters. The van der Waals surface area contributed by atoms with Crippen LogP contribution in [-0.2, 0) is 25.5 Å². The highest BCUT2D eigenvalue weighted by Gasteiger charge is 2.38. The molecule has 1 aliphatic rings. The molecular formula is C19H25NO5. The molecule has 0 saturated carbocycles. The van der Waals surface area contributed by atoms with Crippen molar-refractivity contribution in [2.75, 3.05) is 6.54 Å². The molecule has 0 spiro atoms. The summed E-state index contributed by atoms with van der Waals surface area (Å²) in [7, 11) is 0. The van der Waals surface area contributed by atoms with Gasteiger partial charge in [0, 0.05) is 6.54 Å². The summed E-state index contributed by atoms with van der Waals surface area (Å²) < 4.78 is 10.2. The molecule has 1 aliphatic heterocycles. The third kappa shape index (κ3) is 5.89. The van der Waals surface area contributed by atoms with Gasteiger partial charge in [-0.25, -0.2) is 9.59 Å². The molecule has 25 heavy (non-hydrogen) atoms. The van der Waals surface area contributed by atoms with Gasteiger partial charge in [-0.1, -0.05) is 30.3 Å². The van der Waals surface area contributed by atoms with Crippen LogP contribution >= 0.6 is 0 Å². The van der Waals surface area contributed by atoms with Crippen LogP contribution in [0.25, 0.3) is 0 Å². The van der Waals surface area contributed by atoms with Gasteiger partial charge in [0.15, 0.2) is 0 Å². The monoisotopic (exact) mass is 347 g/mol. The molecule has 0 aromatic heterocycles. The summed E-state index contributed by atoms with van der Waals surface area (Å²) in [5, 5.41) is 0. The summed E-state index contributed by atoms with van der Waals surface area (Å²) in [6.45, 7) is 5.72. The topological polar surface area (TPSA) is 72.9 Å². The first-order valence-electron chi connectivity index (χ1n) is 8.54. The quantitative estimate of drug-likeness (QED) is 0.618. The summed E-state index contributed by atoms with van der Waals surface area (Å²) in [6.07, 6.45) is 1.23. The van der Waals surface area contributed by atoms with E-state index in [-0.39, 0.29) is 6.42 Å². The lowest BCUT2D eigenvalue weighted by Crippen LogP contribution is -2.44. The van der Waals surface area contributed by atoms with Crippen LogP contribution in [0.1, 0.15) is 45.6 Å². The SMILES string of the molecule is CC(C)(C)OC(=O)N1CCCC1C(=O)OC(=O)CCc1ccccc1. The number of ether oxygens (including phenoxy) is 2. The number of rotatable bonds is 4. The van der Waals surface area contributed by atoms with Crippen LogP contribution in [0.5, 0.6) is 0 Å². The average Bonchev–Trinajstić information content (AvgIpc) is 3.02. The van der Waals surface area contributed by atoms with Crippen molar-refractivity contribution >= 4 is 18.0 Å². The predicted molar refractivity (Wildman–Crippen MR) is 91.8 cm³/mol. The maximum absolute atomic E-state index is 12.3. The van der Waals surface area contributed by atoms with E-state index < -0.39 is 29.7 Å². The fourth-order valence-corrected chi connectivity index (χ4v) is 2.67. The van der Waals surface area contributed by atoms with Crippen molar-refractivity contribution in [2.45, 2.75) is 58.1 Å². The van der Waals surface area contributed by atoms with Crippen LogP contribution in [-0.4, -0.2) is 41.1 Å². The minimum atomic E-state index is -0.754. The van der Waals surface area contributed by atoms with Crippen LogP contribution in [0, 0.1) is 0 Å². The summed E-state index contributed by atoms with van der Waals surface area (Å²) in [5.41, 5.74) is 0.364. The Labute approximate surface area is 148 Å². The maximum Gasteiger partial charge on any atom is 0.411 e. The van der Waals surface area contributed by atoms with E-state index >= 15 is 0 Å². The number of amides is 1. The maximum atomic E-state index is 12.3. The van der Waals surface area contributed by atoms with Gasteiger partial charge in [0.05, 0.1) is 6.42 Å². The zero-order valence-corrected chi connectivity index (χ0v) is 15.0. The third-order valence-corrected chi connectivity index (χ3v) is 3.83. The number of hydrogen-bond acceptors (Lipinski definition) is 5. The number of esters is 2. The van der Waals surface area contributed by atoms with Crippen molar-refractivity contribution in [1.29, 1.82) is 0 Å². The molecule has 136 valence electrons. The lowest BCUT2D eigenvalue weighted by molar-refractivity contribution is -0.162. The van der Waals surface area contributed by atoms with Crippen LogP contribution in [0.15, 0.2) is 30.3 Å². The van der Waals surface area contributed by atoms with Crippen molar-refractivity contribution in [1.82, 2.24) is 4.90 Å². The molecule has 1 fully saturated rings. The van der Waals surface area contributed by atoms with E-state index in [1.165, 1.54) is 4.90 Å². The molecular weight excluding hydrogens is 322 g/mol. The van der Waals surface area contributed by atoms with Gasteiger partial charge in [0.1, 0.15) is 11.6 Å². The number of nitrogens with zero attached hydrogens (tertiary/aromatic N) is 1. The number of aryl methyl sites for hydroxylation is 1. The lowest BCUT2D eigenvalue weighted by Gasteiger charge is -2.27. The first-order valence-corrected chi connectivity index (χ1v) is 8.54. The van der Waals surface area contributed by atoms with Gasteiger partial charge in [-0.3, -0.25) is 9.69 Å². The summed E-state index contributed by atoms with van der Waals surface area (Å²) in [5.74, 6) is -1.26. The lowest BCUT2D eigenvalue weighted by atomic mass is 10.1. The van der Waals surface area contributed by atoms with Crippen LogP contribution < -0.4 is 0 Å². The van der Waals surface area contributed by atoms with Crippen molar-refractivity contribution in [3.8, 4) is 0 Å². The summed E-state index contributed by atoms with van der Waals surface area (Å²) in [4.78, 5) is 37.7. The molecule has 1 amide bonds. The van der Waals surface area contributed by atoms with Gasteiger partial charge in [0.25, 0.3) is 0 Å². The normalized spacial score (nSPS) is 17.2. The fraction of sp³-hybridized carbons (Fsp3) is 0.526. The second-order valence-corrected chi connectivity index (χ2v) is 7.11. The zero-order valence-electron chi connectivity index (χ0n) is 15.0. The Bertz CT molecular complexity index is 620. The summed E-state index contributed by atoms with van der Waals surface area (Å²) in [6, 6.07) is 8.76. The fourth-order valence-electron chi connectivity index (χ4n) is 2.67. The van der Waals surface area contributed by atoms with E-state index in [4.69, 9.17) is 9.47 Å². The number of carbonyl (C=O) groups excluding carboxylic acids is 3. The highest BCUT2D eigenvalue weighted by molar-refractivity contribution is 5.90. The van der Waals surface area contributed by atoms with E-state index in [1.807, 2.05) is 30.3 Å². The van der Waals surface area contributed by atoms with Crippen molar-refractivity contribution in [3.63, 3.8) is 0 Å². The van der Waals surface area contributed by atoms with Crippen LogP contribution in [0.3, 0.4) is 0 Å². The van der Waals surface area contributed by atoms with Gasteiger partial charge < -0.3 is 9.47 Å². The molecule has 0 aliphatic carbocycles. The van der Waals surface area contributed by atoms with E-state index in [0.717, 1.165) is 5.56 Å². The minimum absolute atomic E-state index is 0.120. The second kappa shape index (κ2) is 8.14. The third-order valence-electron chi connectivity index (χ3n) is 3.83. The molecule has 6 nitrogen and oxygen atoms in total. The van der Waals surface area contributed by atoms with Crippen molar-refractivity contribution in [2.24, 2.45) is 0 Å². The average molecular weight is 347 g/mol. The Balaban J connectivity index is 1.86. The van der Waals surface area contributed by atoms with Gasteiger partial charge in [-0.15, -0.1) is 0 Å². The minimum Gasteiger partial charge on any atom is -0.444 e. The van der Waals surface area contributed by atoms with Crippen LogP contribution in [0.4, 0.5) is 4.79 Å². The van der Waals surface area contributed by atoms with E-state index in [1.54, 1.807) is 20.8 Å². The van der Waals surface area contributed by atoms with Gasteiger partial charge in [-0.2, -0.15) is 0 Å². The molecule has 1 saturated heterocycles. The largest absolute Gasteiger partial charge is 0.444 e. The standard InChI is InChI=1S/C19H25NO5/c1-19(2,3)25-18(23)20-13-7-10-15(20)17(22)24-16(21)12-11-14-8-5-4-6-9-14/h4-6,8-9,15H,7,10-13H2,1-3H3. The number of benzene rings is 1. The van der Waals surface area contributed by atoms with Gasteiger partial charge in [-0.05, 0) is 45.6 Å². The molecule has 1 aromatic carbocycles. The number of likely N-dealkylation sites (tertiary alicyclic amines) is 1. The van der Waals surface area contributed by atoms with E-state index in [2.05, 4.69) is 0 Å². The molecule has 1 heterocycles. The number of hydrogen-bond donors (Lipinski definition) is 0. The smallest absolute Gasteiger partial charge is 0.411 e. The first-order chi connectivity index (χ1) is 11.8. The molecule has 0 N–H and O–H groups in total. The Morgan fingerprint density at radius 1 is 1.16 bits per heavy atom. The van der Waals surface area contributed by atoms with Gasteiger partial charge >= 0.3 is 18.0 Å². The predicted octanol–water partition coefficient (Wildman–Crippen LogP) is 3.09. The Hall–Kier alpha value is -2.37.